The van der Waals surface area contributed by atoms with Crippen LogP contribution >= 0.6 is 0 Å². The maximum Gasteiger partial charge on any atom is 0.416 e. The predicted octanol–water partition coefficient (Wildman–Crippen LogP) is 5.08. The van der Waals surface area contributed by atoms with Crippen LogP contribution in [0.2, 0.25) is 0 Å². The molecular formula is C30H33F3N2O4. The lowest BCUT2D eigenvalue weighted by Gasteiger charge is -2.55. The second kappa shape index (κ2) is 11.7. The van der Waals surface area contributed by atoms with Crippen molar-refractivity contribution in [2.24, 2.45) is 5.92 Å². The number of fused-ring (bicyclic) bond motifs is 1. The molecule has 1 aliphatic carbocycles. The van der Waals surface area contributed by atoms with Gasteiger partial charge in [0, 0.05) is 49.9 Å². The van der Waals surface area contributed by atoms with Crippen molar-refractivity contribution in [3.8, 4) is 5.75 Å². The number of benzene rings is 2. The summed E-state index contributed by atoms with van der Waals surface area (Å²) in [5.74, 6) is -0.811. The van der Waals surface area contributed by atoms with Crippen LogP contribution in [0.3, 0.4) is 0 Å². The number of amides is 1. The number of aromatic hydroxyl groups is 1. The minimum Gasteiger partial charge on any atom is -0.508 e. The standard InChI is InChI=1S/C30H33F3N2O4/c1-3-13-35-14-12-29(22-7-5-9-25(37)16-22)18-24(17-27(26(29)19-35)39-20(2)36)34-28(38)11-10-21-6-4-8-23(15-21)30(31,32)33/h3-11,15-16,24,26-27,37H,1,12-14,17-19H2,2H3,(H,34,38)/b11-10+. The molecule has 1 aliphatic heterocycles. The molecule has 0 spiro atoms. The zero-order valence-corrected chi connectivity index (χ0v) is 21.8. The van der Waals surface area contributed by atoms with Crippen LogP contribution in [0.25, 0.3) is 6.08 Å². The molecule has 6 nitrogen and oxygen atoms in total. The molecule has 9 heteroatoms. The second-order valence-corrected chi connectivity index (χ2v) is 10.4. The molecule has 1 heterocycles. The zero-order chi connectivity index (χ0) is 28.2. The smallest absolute Gasteiger partial charge is 0.416 e. The zero-order valence-electron chi connectivity index (χ0n) is 21.8. The maximum atomic E-state index is 13.0. The van der Waals surface area contributed by atoms with Crippen molar-refractivity contribution in [1.82, 2.24) is 10.2 Å². The lowest BCUT2D eigenvalue weighted by atomic mass is 9.57. The summed E-state index contributed by atoms with van der Waals surface area (Å²) in [6.45, 7) is 7.33. The average molecular weight is 543 g/mol. The van der Waals surface area contributed by atoms with E-state index < -0.39 is 35.1 Å². The molecule has 0 radical (unpaired) electrons. The van der Waals surface area contributed by atoms with Crippen molar-refractivity contribution in [3.63, 3.8) is 0 Å². The number of nitrogens with zero attached hydrogens (tertiary/aromatic N) is 1. The molecule has 2 fully saturated rings. The first kappa shape index (κ1) is 28.4. The molecule has 4 unspecified atom stereocenters. The summed E-state index contributed by atoms with van der Waals surface area (Å²) in [6.07, 6.45) is 1.13. The quantitative estimate of drug-likeness (QED) is 0.290. The first-order valence-electron chi connectivity index (χ1n) is 13.0. The summed E-state index contributed by atoms with van der Waals surface area (Å²) in [7, 11) is 0. The van der Waals surface area contributed by atoms with E-state index in [0.717, 1.165) is 30.7 Å². The Kier molecular flexibility index (Phi) is 8.49. The second-order valence-electron chi connectivity index (χ2n) is 10.4. The van der Waals surface area contributed by atoms with Gasteiger partial charge >= 0.3 is 12.1 Å². The number of alkyl halides is 3. The van der Waals surface area contributed by atoms with E-state index in [9.17, 15) is 27.9 Å². The van der Waals surface area contributed by atoms with Crippen LogP contribution in [0.5, 0.6) is 5.75 Å². The molecule has 4 atom stereocenters. The Balaban J connectivity index is 1.60. The van der Waals surface area contributed by atoms with Crippen LogP contribution in [0.15, 0.2) is 67.3 Å². The molecule has 1 amide bonds. The summed E-state index contributed by atoms with van der Waals surface area (Å²) < 4.78 is 45.0. The van der Waals surface area contributed by atoms with Crippen molar-refractivity contribution in [2.75, 3.05) is 19.6 Å². The molecule has 2 aromatic carbocycles. The minimum absolute atomic E-state index is 0.0781. The average Bonchev–Trinajstić information content (AvgIpc) is 2.87. The van der Waals surface area contributed by atoms with Gasteiger partial charge in [0.1, 0.15) is 11.9 Å². The number of phenols is 1. The van der Waals surface area contributed by atoms with Crippen LogP contribution in [-0.2, 0) is 25.9 Å². The Bertz CT molecular complexity index is 1240. The van der Waals surface area contributed by atoms with Crippen molar-refractivity contribution < 1.29 is 32.6 Å². The van der Waals surface area contributed by atoms with Crippen LogP contribution in [0.4, 0.5) is 13.2 Å². The minimum atomic E-state index is -4.47. The van der Waals surface area contributed by atoms with E-state index in [1.165, 1.54) is 31.2 Å². The van der Waals surface area contributed by atoms with Gasteiger partial charge < -0.3 is 15.2 Å². The van der Waals surface area contributed by atoms with E-state index in [4.69, 9.17) is 4.74 Å². The van der Waals surface area contributed by atoms with E-state index in [1.807, 2.05) is 12.1 Å². The molecule has 0 bridgehead atoms. The molecule has 0 aromatic heterocycles. The molecule has 2 aromatic rings. The van der Waals surface area contributed by atoms with E-state index in [1.54, 1.807) is 18.2 Å². The number of rotatable bonds is 7. The number of carbonyl (C=O) groups is 2. The summed E-state index contributed by atoms with van der Waals surface area (Å²) in [6, 6.07) is 11.5. The number of piperidine rings is 1. The SMILES string of the molecule is C=CCN1CCC2(c3cccc(O)c3)CC(NC(=O)/C=C/c3cccc(C(F)(F)F)c3)CC(OC(C)=O)C2C1. The lowest BCUT2D eigenvalue weighted by Crippen LogP contribution is -2.61. The first-order valence-corrected chi connectivity index (χ1v) is 13.0. The Labute approximate surface area is 226 Å². The van der Waals surface area contributed by atoms with Crippen molar-refractivity contribution in [2.45, 2.75) is 49.9 Å². The molecule has 2 N–H and O–H groups in total. The lowest BCUT2D eigenvalue weighted by molar-refractivity contribution is -0.157. The van der Waals surface area contributed by atoms with Gasteiger partial charge in [-0.15, -0.1) is 6.58 Å². The highest BCUT2D eigenvalue weighted by Gasteiger charge is 2.53. The van der Waals surface area contributed by atoms with Gasteiger partial charge in [0.05, 0.1) is 5.56 Å². The van der Waals surface area contributed by atoms with Gasteiger partial charge in [-0.1, -0.05) is 30.3 Å². The Morgan fingerprint density at radius 2 is 2.00 bits per heavy atom. The van der Waals surface area contributed by atoms with Crippen LogP contribution in [0.1, 0.15) is 42.9 Å². The van der Waals surface area contributed by atoms with Gasteiger partial charge in [-0.05, 0) is 60.9 Å². The number of ether oxygens (including phenoxy) is 1. The Morgan fingerprint density at radius 3 is 2.69 bits per heavy atom. The third-order valence-corrected chi connectivity index (χ3v) is 7.73. The summed E-state index contributed by atoms with van der Waals surface area (Å²) in [4.78, 5) is 27.3. The van der Waals surface area contributed by atoms with E-state index in [-0.39, 0.29) is 23.3 Å². The monoisotopic (exact) mass is 542 g/mol. The van der Waals surface area contributed by atoms with Crippen molar-refractivity contribution >= 4 is 18.0 Å². The number of likely N-dealkylation sites (tertiary alicyclic amines) is 1. The highest BCUT2D eigenvalue weighted by Crippen LogP contribution is 2.50. The fourth-order valence-corrected chi connectivity index (χ4v) is 6.12. The number of halogens is 3. The Hall–Kier alpha value is -3.59. The van der Waals surface area contributed by atoms with E-state index >= 15 is 0 Å². The molecule has 39 heavy (non-hydrogen) atoms. The van der Waals surface area contributed by atoms with Gasteiger partial charge in [-0.2, -0.15) is 13.2 Å². The number of phenolic OH excluding ortho intramolecular Hbond substituents is 1. The number of nitrogens with one attached hydrogen (secondary N) is 1. The number of carbonyl (C=O) groups excluding carboxylic acids is 2. The molecular weight excluding hydrogens is 509 g/mol. The number of hydrogen-bond acceptors (Lipinski definition) is 5. The van der Waals surface area contributed by atoms with Gasteiger partial charge in [0.25, 0.3) is 0 Å². The van der Waals surface area contributed by atoms with Crippen molar-refractivity contribution in [3.05, 3.63) is 84.0 Å². The largest absolute Gasteiger partial charge is 0.508 e. The third-order valence-electron chi connectivity index (χ3n) is 7.73. The van der Waals surface area contributed by atoms with Gasteiger partial charge in [-0.25, -0.2) is 0 Å². The third kappa shape index (κ3) is 6.71. The normalized spacial score (nSPS) is 25.6. The van der Waals surface area contributed by atoms with Crippen LogP contribution in [0, 0.1) is 5.92 Å². The molecule has 4 rings (SSSR count). The van der Waals surface area contributed by atoms with Gasteiger partial charge in [0.15, 0.2) is 0 Å². The predicted molar refractivity (Wildman–Crippen MR) is 142 cm³/mol. The summed E-state index contributed by atoms with van der Waals surface area (Å²) in [5.41, 5.74) is -0.0885. The van der Waals surface area contributed by atoms with E-state index in [0.29, 0.717) is 25.9 Å². The number of hydrogen-bond donors (Lipinski definition) is 2. The highest BCUT2D eigenvalue weighted by atomic mass is 19.4. The van der Waals surface area contributed by atoms with E-state index in [2.05, 4.69) is 16.8 Å². The first-order chi connectivity index (χ1) is 18.5. The topological polar surface area (TPSA) is 78.9 Å². The molecule has 208 valence electrons. The number of esters is 1. The van der Waals surface area contributed by atoms with Gasteiger partial charge in [0.2, 0.25) is 5.91 Å². The Morgan fingerprint density at radius 1 is 1.23 bits per heavy atom. The maximum absolute atomic E-state index is 13.0. The highest BCUT2D eigenvalue weighted by molar-refractivity contribution is 5.92. The molecule has 1 saturated carbocycles. The molecule has 2 aliphatic rings. The van der Waals surface area contributed by atoms with Crippen molar-refractivity contribution in [1.29, 1.82) is 0 Å². The molecule has 1 saturated heterocycles. The van der Waals surface area contributed by atoms with Crippen LogP contribution in [-0.4, -0.2) is 53.7 Å². The van der Waals surface area contributed by atoms with Gasteiger partial charge in [-0.3, -0.25) is 14.5 Å². The summed E-state index contributed by atoms with van der Waals surface area (Å²) in [5, 5.41) is 13.3. The summed E-state index contributed by atoms with van der Waals surface area (Å²) >= 11 is 0. The fraction of sp³-hybridized carbons (Fsp3) is 0.400. The van der Waals surface area contributed by atoms with Crippen LogP contribution < -0.4 is 5.32 Å². The fourth-order valence-electron chi connectivity index (χ4n) is 6.12.